The number of likely N-dealkylation sites (tertiary alicyclic amines) is 1. The SMILES string of the molecule is CC(C)[C@@H](NC(=O)c1ccco1)C(=O)N1CCC(n2c(=O)[nH]c3ccccc32)CC1. The van der Waals surface area contributed by atoms with Gasteiger partial charge in [-0.15, -0.1) is 0 Å². The van der Waals surface area contributed by atoms with Crippen LogP contribution in [0.4, 0.5) is 0 Å². The van der Waals surface area contributed by atoms with Crippen molar-refractivity contribution in [2.24, 2.45) is 5.92 Å². The summed E-state index contributed by atoms with van der Waals surface area (Å²) in [6.45, 7) is 4.89. The lowest BCUT2D eigenvalue weighted by Gasteiger charge is -2.35. The van der Waals surface area contributed by atoms with E-state index in [1.807, 2.05) is 38.1 Å². The molecule has 0 radical (unpaired) electrons. The molecule has 2 N–H and O–H groups in total. The van der Waals surface area contributed by atoms with Crippen LogP contribution in [-0.4, -0.2) is 45.4 Å². The predicted octanol–water partition coefficient (Wildman–Crippen LogP) is 2.54. The summed E-state index contributed by atoms with van der Waals surface area (Å²) < 4.78 is 6.93. The molecule has 1 aromatic carbocycles. The van der Waals surface area contributed by atoms with Gasteiger partial charge in [-0.05, 0) is 43.0 Å². The Morgan fingerprint density at radius 2 is 1.87 bits per heavy atom. The molecular formula is C22H26N4O4. The molecule has 0 unspecified atom stereocenters. The minimum absolute atomic E-state index is 0.0351. The number of hydrogen-bond donors (Lipinski definition) is 2. The topological polar surface area (TPSA) is 100 Å². The molecule has 0 aliphatic carbocycles. The van der Waals surface area contributed by atoms with Gasteiger partial charge in [0.1, 0.15) is 6.04 Å². The molecule has 30 heavy (non-hydrogen) atoms. The summed E-state index contributed by atoms with van der Waals surface area (Å²) in [5.41, 5.74) is 1.59. The molecule has 2 aromatic heterocycles. The number of aromatic amines is 1. The maximum atomic E-state index is 13.1. The summed E-state index contributed by atoms with van der Waals surface area (Å²) in [6, 6.07) is 10.3. The first kappa shape index (κ1) is 20.0. The van der Waals surface area contributed by atoms with Crippen LogP contribution >= 0.6 is 0 Å². The van der Waals surface area contributed by atoms with Crippen molar-refractivity contribution in [1.82, 2.24) is 19.8 Å². The van der Waals surface area contributed by atoms with Crippen molar-refractivity contribution in [2.45, 2.75) is 38.8 Å². The molecule has 3 aromatic rings. The van der Waals surface area contributed by atoms with Crippen molar-refractivity contribution < 1.29 is 14.0 Å². The minimum Gasteiger partial charge on any atom is -0.459 e. The zero-order valence-electron chi connectivity index (χ0n) is 17.1. The summed E-state index contributed by atoms with van der Waals surface area (Å²) >= 11 is 0. The van der Waals surface area contributed by atoms with Gasteiger partial charge < -0.3 is 19.6 Å². The van der Waals surface area contributed by atoms with Gasteiger partial charge in [0, 0.05) is 19.1 Å². The van der Waals surface area contributed by atoms with Crippen molar-refractivity contribution in [2.75, 3.05) is 13.1 Å². The third-order valence-corrected chi connectivity index (χ3v) is 5.73. The minimum atomic E-state index is -0.630. The molecule has 8 nitrogen and oxygen atoms in total. The molecule has 1 saturated heterocycles. The fourth-order valence-corrected chi connectivity index (χ4v) is 4.11. The number of amides is 2. The van der Waals surface area contributed by atoms with Crippen LogP contribution in [0.1, 0.15) is 43.3 Å². The summed E-state index contributed by atoms with van der Waals surface area (Å²) in [6.07, 6.45) is 2.80. The lowest BCUT2D eigenvalue weighted by molar-refractivity contribution is -0.135. The molecule has 1 aliphatic heterocycles. The molecule has 0 bridgehead atoms. The molecule has 2 amide bonds. The van der Waals surface area contributed by atoms with E-state index >= 15 is 0 Å². The third kappa shape index (κ3) is 3.77. The largest absolute Gasteiger partial charge is 0.459 e. The van der Waals surface area contributed by atoms with Gasteiger partial charge in [-0.3, -0.25) is 14.2 Å². The molecule has 158 valence electrons. The number of piperidine rings is 1. The number of para-hydroxylation sites is 2. The molecule has 0 saturated carbocycles. The number of furan rings is 1. The van der Waals surface area contributed by atoms with Crippen LogP contribution in [0, 0.1) is 5.92 Å². The summed E-state index contributed by atoms with van der Waals surface area (Å²) in [4.78, 5) is 42.6. The van der Waals surface area contributed by atoms with E-state index in [1.165, 1.54) is 6.26 Å². The average molecular weight is 410 g/mol. The smallest absolute Gasteiger partial charge is 0.326 e. The Hall–Kier alpha value is -3.29. The van der Waals surface area contributed by atoms with Gasteiger partial charge in [0.2, 0.25) is 5.91 Å². The Bertz CT molecular complexity index is 1090. The van der Waals surface area contributed by atoms with E-state index in [2.05, 4.69) is 10.3 Å². The Kier molecular flexibility index (Phi) is 5.48. The molecule has 4 rings (SSSR count). The van der Waals surface area contributed by atoms with Gasteiger partial charge in [-0.2, -0.15) is 0 Å². The molecule has 1 fully saturated rings. The van der Waals surface area contributed by atoms with E-state index in [-0.39, 0.29) is 29.3 Å². The highest BCUT2D eigenvalue weighted by Crippen LogP contribution is 2.25. The lowest BCUT2D eigenvalue weighted by atomic mass is 9.99. The van der Waals surface area contributed by atoms with Crippen LogP contribution in [-0.2, 0) is 4.79 Å². The Balaban J connectivity index is 1.44. The van der Waals surface area contributed by atoms with Gasteiger partial charge in [0.25, 0.3) is 5.91 Å². The Morgan fingerprint density at radius 3 is 2.53 bits per heavy atom. The van der Waals surface area contributed by atoms with E-state index in [0.29, 0.717) is 25.9 Å². The number of benzene rings is 1. The first-order valence-electron chi connectivity index (χ1n) is 10.3. The van der Waals surface area contributed by atoms with Gasteiger partial charge in [0.15, 0.2) is 5.76 Å². The number of hydrogen-bond acceptors (Lipinski definition) is 4. The van der Waals surface area contributed by atoms with Crippen LogP contribution < -0.4 is 11.0 Å². The number of fused-ring (bicyclic) bond motifs is 1. The highest BCUT2D eigenvalue weighted by molar-refractivity contribution is 5.95. The number of imidazole rings is 1. The van der Waals surface area contributed by atoms with E-state index in [1.54, 1.807) is 21.6 Å². The molecule has 8 heteroatoms. The summed E-state index contributed by atoms with van der Waals surface area (Å²) in [5, 5.41) is 2.80. The summed E-state index contributed by atoms with van der Waals surface area (Å²) in [5.74, 6) is -0.377. The number of carbonyl (C=O) groups excluding carboxylic acids is 2. The first-order chi connectivity index (χ1) is 14.5. The number of carbonyl (C=O) groups is 2. The molecule has 1 aliphatic rings. The number of H-pyrrole nitrogens is 1. The normalized spacial score (nSPS) is 16.2. The quantitative estimate of drug-likeness (QED) is 0.675. The van der Waals surface area contributed by atoms with Crippen LogP contribution in [0.25, 0.3) is 11.0 Å². The maximum absolute atomic E-state index is 13.1. The maximum Gasteiger partial charge on any atom is 0.326 e. The standard InChI is InChI=1S/C22H26N4O4/c1-14(2)19(24-20(27)18-8-5-13-30-18)21(28)25-11-9-15(10-12-25)26-17-7-4-3-6-16(17)23-22(26)29/h3-8,13-15,19H,9-12H2,1-2H3,(H,23,29)(H,24,27)/t19-/m1/s1. The predicted molar refractivity (Wildman–Crippen MR) is 112 cm³/mol. The van der Waals surface area contributed by atoms with Crippen molar-refractivity contribution in [3.63, 3.8) is 0 Å². The second-order valence-electron chi connectivity index (χ2n) is 8.05. The summed E-state index contributed by atoms with van der Waals surface area (Å²) in [7, 11) is 0. The van der Waals surface area contributed by atoms with Crippen molar-refractivity contribution in [3.05, 3.63) is 58.9 Å². The van der Waals surface area contributed by atoms with Gasteiger partial charge >= 0.3 is 5.69 Å². The number of rotatable bonds is 5. The number of nitrogens with zero attached hydrogens (tertiary/aromatic N) is 2. The zero-order valence-corrected chi connectivity index (χ0v) is 17.1. The van der Waals surface area contributed by atoms with E-state index < -0.39 is 11.9 Å². The molecule has 1 atom stereocenters. The van der Waals surface area contributed by atoms with Crippen LogP contribution in [0.15, 0.2) is 51.9 Å². The van der Waals surface area contributed by atoms with Crippen LogP contribution in [0.2, 0.25) is 0 Å². The highest BCUT2D eigenvalue weighted by Gasteiger charge is 2.32. The van der Waals surface area contributed by atoms with Crippen molar-refractivity contribution in [3.8, 4) is 0 Å². The average Bonchev–Trinajstić information content (AvgIpc) is 3.38. The van der Waals surface area contributed by atoms with Crippen molar-refractivity contribution >= 4 is 22.8 Å². The van der Waals surface area contributed by atoms with E-state index in [0.717, 1.165) is 11.0 Å². The van der Waals surface area contributed by atoms with Gasteiger partial charge in [-0.1, -0.05) is 26.0 Å². The fraction of sp³-hybridized carbons (Fsp3) is 0.409. The molecule has 0 spiro atoms. The lowest BCUT2D eigenvalue weighted by Crippen LogP contribution is -2.53. The zero-order chi connectivity index (χ0) is 21.3. The Labute approximate surface area is 173 Å². The number of nitrogens with one attached hydrogen (secondary N) is 2. The van der Waals surface area contributed by atoms with E-state index in [4.69, 9.17) is 4.42 Å². The van der Waals surface area contributed by atoms with Crippen molar-refractivity contribution in [1.29, 1.82) is 0 Å². The molecular weight excluding hydrogens is 384 g/mol. The fourth-order valence-electron chi connectivity index (χ4n) is 4.11. The first-order valence-corrected chi connectivity index (χ1v) is 10.3. The third-order valence-electron chi connectivity index (χ3n) is 5.73. The van der Waals surface area contributed by atoms with E-state index in [9.17, 15) is 14.4 Å². The van der Waals surface area contributed by atoms with Crippen LogP contribution in [0.5, 0.6) is 0 Å². The Morgan fingerprint density at radius 1 is 1.13 bits per heavy atom. The van der Waals surface area contributed by atoms with Gasteiger partial charge in [-0.25, -0.2) is 4.79 Å². The van der Waals surface area contributed by atoms with Gasteiger partial charge in [0.05, 0.1) is 17.3 Å². The van der Waals surface area contributed by atoms with Crippen LogP contribution in [0.3, 0.4) is 0 Å². The highest BCUT2D eigenvalue weighted by atomic mass is 16.3. The second kappa shape index (κ2) is 8.22. The second-order valence-corrected chi connectivity index (χ2v) is 8.05. The monoisotopic (exact) mass is 410 g/mol. The molecule has 3 heterocycles. The number of aromatic nitrogens is 2.